The number of carboxylic acids is 2. The molecule has 0 unspecified atom stereocenters. The van der Waals surface area contributed by atoms with Gasteiger partial charge < -0.3 is 20.0 Å². The maximum absolute atomic E-state index is 9.00. The topological polar surface area (TPSA) is 81.1 Å². The van der Waals surface area contributed by atoms with Crippen LogP contribution in [0.25, 0.3) is 0 Å². The quantitative estimate of drug-likeness (QED) is 0.324. The second-order valence-corrected chi connectivity index (χ2v) is 10.6. The van der Waals surface area contributed by atoms with Crippen LogP contribution >= 0.6 is 0 Å². The van der Waals surface area contributed by atoms with Gasteiger partial charge in [0.15, 0.2) is 0 Å². The van der Waals surface area contributed by atoms with Crippen molar-refractivity contribution in [3.05, 3.63) is 65.3 Å². The Morgan fingerprint density at radius 1 is 0.632 bits per heavy atom. The molecule has 0 bridgehead atoms. The van der Waals surface area contributed by atoms with Gasteiger partial charge in [-0.3, -0.25) is 9.59 Å². The molecule has 2 aromatic carbocycles. The van der Waals surface area contributed by atoms with E-state index >= 15 is 0 Å². The van der Waals surface area contributed by atoms with Gasteiger partial charge in [-0.25, -0.2) is 0 Å². The fourth-order valence-electron chi connectivity index (χ4n) is 4.42. The van der Waals surface area contributed by atoms with Crippen LogP contribution in [0.5, 0.6) is 0 Å². The van der Waals surface area contributed by atoms with E-state index in [4.69, 9.17) is 19.8 Å². The molecule has 3 rings (SSSR count). The third-order valence-electron chi connectivity index (χ3n) is 6.01. The summed E-state index contributed by atoms with van der Waals surface area (Å²) in [4.78, 5) is 22.8. The molecule has 0 spiro atoms. The normalized spacial score (nSPS) is 12.7. The molecule has 1 saturated heterocycles. The van der Waals surface area contributed by atoms with Gasteiger partial charge in [0.25, 0.3) is 11.9 Å². The molecule has 2 aromatic rings. The number of nitrogens with zero attached hydrogens (tertiary/aromatic N) is 2. The van der Waals surface area contributed by atoms with Gasteiger partial charge in [0.2, 0.25) is 6.67 Å². The van der Waals surface area contributed by atoms with Crippen molar-refractivity contribution < 1.29 is 40.2 Å². The second-order valence-electron chi connectivity index (χ2n) is 10.6. The summed E-state index contributed by atoms with van der Waals surface area (Å²) < 4.78 is 0. The fourth-order valence-corrected chi connectivity index (χ4v) is 4.42. The van der Waals surface area contributed by atoms with Gasteiger partial charge >= 0.3 is 0 Å². The van der Waals surface area contributed by atoms with Gasteiger partial charge in [0.05, 0.1) is 0 Å². The molecule has 7 heteroatoms. The Bertz CT molecular complexity index is 893. The molecule has 2 N–H and O–H groups in total. The summed E-state index contributed by atoms with van der Waals surface area (Å²) >= 11 is 0. The molecule has 2 radical (unpaired) electrons. The Kier molecular flexibility index (Phi) is 15.5. The predicted molar refractivity (Wildman–Crippen MR) is 154 cm³/mol. The molecule has 6 nitrogen and oxygen atoms in total. The van der Waals surface area contributed by atoms with E-state index < -0.39 is 11.9 Å². The van der Waals surface area contributed by atoms with Gasteiger partial charge in [0, 0.05) is 58.7 Å². The van der Waals surface area contributed by atoms with Gasteiger partial charge in [-0.2, -0.15) is 0 Å². The van der Waals surface area contributed by atoms with Crippen molar-refractivity contribution in [2.45, 2.75) is 92.9 Å². The zero-order chi connectivity index (χ0) is 28.4. The fraction of sp³-hybridized carbons (Fsp3) is 0.516. The van der Waals surface area contributed by atoms with Gasteiger partial charge in [-0.05, 0) is 45.9 Å². The summed E-state index contributed by atoms with van der Waals surface area (Å²) in [6, 6.07) is 13.6. The van der Waals surface area contributed by atoms with Crippen LogP contribution in [-0.4, -0.2) is 35.2 Å². The van der Waals surface area contributed by atoms with Crippen LogP contribution in [0, 0.1) is 6.67 Å². The largest absolute Gasteiger partial charge is 0.481 e. The molecule has 1 aliphatic heterocycles. The Morgan fingerprint density at radius 2 is 0.842 bits per heavy atom. The van der Waals surface area contributed by atoms with Crippen molar-refractivity contribution >= 4 is 23.3 Å². The smallest absolute Gasteiger partial charge is 0.300 e. The summed E-state index contributed by atoms with van der Waals surface area (Å²) in [5, 5.41) is 14.8. The molecule has 0 aliphatic carbocycles. The number of para-hydroxylation sites is 2. The van der Waals surface area contributed by atoms with E-state index in [9.17, 15) is 0 Å². The van der Waals surface area contributed by atoms with E-state index in [0.29, 0.717) is 23.7 Å². The van der Waals surface area contributed by atoms with E-state index in [1.165, 1.54) is 33.6 Å². The summed E-state index contributed by atoms with van der Waals surface area (Å²) in [5.74, 6) is 0.310. The van der Waals surface area contributed by atoms with Crippen molar-refractivity contribution in [1.29, 1.82) is 0 Å². The van der Waals surface area contributed by atoms with Crippen LogP contribution < -0.4 is 9.80 Å². The first-order valence-electron chi connectivity index (χ1n) is 13.1. The molecule has 214 valence electrons. The molecular formula is C31H46N2O4Pd. The van der Waals surface area contributed by atoms with Crippen LogP contribution in [0.4, 0.5) is 11.4 Å². The molecule has 0 aromatic heterocycles. The number of aliphatic carboxylic acids is 2. The first-order valence-corrected chi connectivity index (χ1v) is 13.1. The zero-order valence-electron chi connectivity index (χ0n) is 24.6. The standard InChI is InChI=1S/C27H38N2.2C2H4O2.Pd/c1-18(2)22-11-9-12-23(19(3)4)26(22)28-15-16-29(17-28)27-24(20(5)6)13-10-14-25(27)21(7)8;2*1-2(3)4;/h9-14,18-21H,15-16H2,1-8H3;2*1H3,(H,3,4);. The average Bonchev–Trinajstić information content (AvgIpc) is 3.26. The minimum Gasteiger partial charge on any atom is -0.481 e. The molecule has 0 amide bonds. The van der Waals surface area contributed by atoms with E-state index in [2.05, 4.69) is 108 Å². The number of hydrogen-bond donors (Lipinski definition) is 2. The minimum atomic E-state index is -0.833. The molecular weight excluding hydrogens is 571 g/mol. The predicted octanol–water partition coefficient (Wildman–Crippen LogP) is 7.68. The molecule has 38 heavy (non-hydrogen) atoms. The Labute approximate surface area is 244 Å². The third-order valence-corrected chi connectivity index (χ3v) is 6.01. The molecule has 1 fully saturated rings. The molecule has 1 aliphatic rings. The molecule has 0 atom stereocenters. The minimum absolute atomic E-state index is 0. The van der Waals surface area contributed by atoms with E-state index in [1.807, 2.05) is 0 Å². The second kappa shape index (κ2) is 16.6. The number of benzene rings is 2. The van der Waals surface area contributed by atoms with Crippen LogP contribution in [0.3, 0.4) is 0 Å². The number of anilines is 2. The number of carboxylic acid groups (broad SMARTS) is 2. The summed E-state index contributed by atoms with van der Waals surface area (Å²) in [5.41, 5.74) is 8.43. The first kappa shape index (κ1) is 35.6. The van der Waals surface area contributed by atoms with E-state index in [0.717, 1.165) is 26.9 Å². The van der Waals surface area contributed by atoms with Crippen molar-refractivity contribution in [1.82, 2.24) is 0 Å². The van der Waals surface area contributed by atoms with Crippen LogP contribution in [-0.2, 0) is 30.0 Å². The Morgan fingerprint density at radius 3 is 1.03 bits per heavy atom. The first-order chi connectivity index (χ1) is 17.2. The van der Waals surface area contributed by atoms with Crippen molar-refractivity contribution in [3.63, 3.8) is 0 Å². The van der Waals surface area contributed by atoms with E-state index in [-0.39, 0.29) is 20.4 Å². The average molecular weight is 617 g/mol. The van der Waals surface area contributed by atoms with Crippen LogP contribution in [0.15, 0.2) is 36.4 Å². The van der Waals surface area contributed by atoms with Crippen molar-refractivity contribution in [3.8, 4) is 0 Å². The van der Waals surface area contributed by atoms with Crippen molar-refractivity contribution in [2.24, 2.45) is 0 Å². The van der Waals surface area contributed by atoms with Crippen LogP contribution in [0.1, 0.15) is 115 Å². The summed E-state index contributed by atoms with van der Waals surface area (Å²) in [6.07, 6.45) is 0. The summed E-state index contributed by atoms with van der Waals surface area (Å²) in [6.45, 7) is 26.2. The van der Waals surface area contributed by atoms with Gasteiger partial charge in [-0.15, -0.1) is 0 Å². The summed E-state index contributed by atoms with van der Waals surface area (Å²) in [7, 11) is 0. The maximum Gasteiger partial charge on any atom is 0.300 e. The Balaban J connectivity index is 0.00000134. The molecule has 0 saturated carbocycles. The third kappa shape index (κ3) is 10.4. The maximum atomic E-state index is 9.00. The zero-order valence-corrected chi connectivity index (χ0v) is 26.2. The number of carbonyl (C=O) groups is 2. The van der Waals surface area contributed by atoms with Crippen LogP contribution in [0.2, 0.25) is 0 Å². The number of hydrogen-bond acceptors (Lipinski definition) is 4. The van der Waals surface area contributed by atoms with E-state index in [1.54, 1.807) is 0 Å². The SMILES string of the molecule is CC(=O)O.CC(=O)O.CC(C)c1cccc(C(C)C)c1N1[C]N(c2c(C(C)C)cccc2C(C)C)CC1.[Pd]. The van der Waals surface area contributed by atoms with Crippen molar-refractivity contribution in [2.75, 3.05) is 22.9 Å². The number of rotatable bonds is 6. The van der Waals surface area contributed by atoms with Gasteiger partial charge in [-0.1, -0.05) is 91.8 Å². The monoisotopic (exact) mass is 616 g/mol. The molecule has 1 heterocycles. The van der Waals surface area contributed by atoms with Gasteiger partial charge in [0.1, 0.15) is 0 Å². The Hall–Kier alpha value is -2.36.